The molecule has 0 fully saturated rings. The molecule has 0 bridgehead atoms. The molecular formula is C33H39N7O4. The van der Waals surface area contributed by atoms with Crippen LogP contribution in [0.15, 0.2) is 61.4 Å². The molecule has 0 spiro atoms. The minimum absolute atomic E-state index is 0.143. The summed E-state index contributed by atoms with van der Waals surface area (Å²) in [4.78, 5) is 41.8. The average Bonchev–Trinajstić information content (AvgIpc) is 3.54. The van der Waals surface area contributed by atoms with Crippen LogP contribution >= 0.6 is 0 Å². The van der Waals surface area contributed by atoms with Gasteiger partial charge >= 0.3 is 12.2 Å². The molecule has 0 saturated heterocycles. The number of nitrogens with zero attached hydrogens (tertiary/aromatic N) is 7. The topological polar surface area (TPSA) is 117 Å². The zero-order valence-corrected chi connectivity index (χ0v) is 26.5. The van der Waals surface area contributed by atoms with Gasteiger partial charge in [0.15, 0.2) is 5.65 Å². The van der Waals surface area contributed by atoms with E-state index in [4.69, 9.17) is 14.5 Å². The number of amides is 1. The molecule has 4 aromatic heterocycles. The van der Waals surface area contributed by atoms with E-state index in [2.05, 4.69) is 28.9 Å². The number of carbonyl (C=O) groups excluding carboxylic acids is 2. The maximum atomic E-state index is 13.9. The second-order valence-corrected chi connectivity index (χ2v) is 13.0. The van der Waals surface area contributed by atoms with Crippen LogP contribution in [0.3, 0.4) is 0 Å². The molecule has 5 rings (SSSR count). The van der Waals surface area contributed by atoms with Crippen LogP contribution < -0.4 is 4.90 Å². The first kappa shape index (κ1) is 30.7. The first-order valence-corrected chi connectivity index (χ1v) is 14.7. The maximum absolute atomic E-state index is 13.9. The molecule has 0 saturated carbocycles. The second kappa shape index (κ2) is 11.7. The molecule has 11 heteroatoms. The molecule has 0 aliphatic heterocycles. The summed E-state index contributed by atoms with van der Waals surface area (Å²) in [5.41, 5.74) is 3.10. The molecule has 4 heterocycles. The van der Waals surface area contributed by atoms with Crippen molar-refractivity contribution in [2.75, 3.05) is 11.4 Å². The lowest BCUT2D eigenvalue weighted by atomic mass is 10.1. The molecule has 0 atom stereocenters. The monoisotopic (exact) mass is 597 g/mol. The van der Waals surface area contributed by atoms with E-state index in [0.29, 0.717) is 29.1 Å². The highest BCUT2D eigenvalue weighted by Crippen LogP contribution is 2.30. The smallest absolute Gasteiger partial charge is 0.419 e. The van der Waals surface area contributed by atoms with Crippen LogP contribution in [0.1, 0.15) is 72.4 Å². The average molecular weight is 598 g/mol. The van der Waals surface area contributed by atoms with Gasteiger partial charge in [0.25, 0.3) is 0 Å². The van der Waals surface area contributed by atoms with E-state index in [1.807, 2.05) is 65.8 Å². The predicted octanol–water partition coefficient (Wildman–Crippen LogP) is 7.03. The molecule has 5 aromatic rings. The van der Waals surface area contributed by atoms with Gasteiger partial charge in [-0.25, -0.2) is 24.5 Å². The van der Waals surface area contributed by atoms with Gasteiger partial charge in [-0.05, 0) is 65.5 Å². The van der Waals surface area contributed by atoms with Crippen LogP contribution in [-0.4, -0.2) is 59.1 Å². The molecule has 230 valence electrons. The van der Waals surface area contributed by atoms with E-state index in [9.17, 15) is 9.59 Å². The van der Waals surface area contributed by atoms with Crippen LogP contribution in [0, 0.1) is 0 Å². The van der Waals surface area contributed by atoms with Gasteiger partial charge in [-0.3, -0.25) is 9.47 Å². The number of anilines is 1. The predicted molar refractivity (Wildman–Crippen MR) is 169 cm³/mol. The fourth-order valence-electron chi connectivity index (χ4n) is 4.90. The molecule has 0 aliphatic carbocycles. The second-order valence-electron chi connectivity index (χ2n) is 13.0. The van der Waals surface area contributed by atoms with Gasteiger partial charge in [0.2, 0.25) is 0 Å². The minimum atomic E-state index is -0.739. The Hall–Kier alpha value is -4.80. The third-order valence-electron chi connectivity index (χ3n) is 6.84. The molecule has 1 aromatic carbocycles. The molecule has 0 N–H and O–H groups in total. The lowest BCUT2D eigenvalue weighted by Crippen LogP contribution is -2.39. The fourth-order valence-corrected chi connectivity index (χ4v) is 4.90. The fraction of sp³-hybridized carbons (Fsp3) is 0.394. The van der Waals surface area contributed by atoms with Crippen LogP contribution in [0.5, 0.6) is 0 Å². The summed E-state index contributed by atoms with van der Waals surface area (Å²) in [6.45, 7) is 15.4. The SMILES string of the molecule is CC(C)c1cnn2c(N(CCc3cn(C(=O)OC(C)(C)C)c4ccccc34)C(=O)OC(C)(C)C)cc(-c3cncnc3)nc12. The largest absolute Gasteiger partial charge is 0.443 e. The van der Waals surface area contributed by atoms with Gasteiger partial charge in [0.05, 0.1) is 17.4 Å². The zero-order chi connectivity index (χ0) is 31.8. The zero-order valence-electron chi connectivity index (χ0n) is 26.5. The highest BCUT2D eigenvalue weighted by atomic mass is 16.6. The number of hydrogen-bond acceptors (Lipinski definition) is 8. The highest BCUT2D eigenvalue weighted by molar-refractivity contribution is 5.92. The first-order valence-electron chi connectivity index (χ1n) is 14.7. The molecule has 1 amide bonds. The van der Waals surface area contributed by atoms with Crippen molar-refractivity contribution in [1.29, 1.82) is 0 Å². The summed E-state index contributed by atoms with van der Waals surface area (Å²) >= 11 is 0. The molecule has 0 aliphatic rings. The summed E-state index contributed by atoms with van der Waals surface area (Å²) in [5, 5.41) is 5.54. The number of aromatic nitrogens is 6. The Morgan fingerprint density at radius 1 is 0.955 bits per heavy atom. The molecule has 44 heavy (non-hydrogen) atoms. The third-order valence-corrected chi connectivity index (χ3v) is 6.84. The van der Waals surface area contributed by atoms with Crippen molar-refractivity contribution in [3.63, 3.8) is 0 Å². The van der Waals surface area contributed by atoms with Crippen molar-refractivity contribution in [1.82, 2.24) is 29.1 Å². The van der Waals surface area contributed by atoms with E-state index in [0.717, 1.165) is 22.0 Å². The van der Waals surface area contributed by atoms with Gasteiger partial charge in [0, 0.05) is 47.7 Å². The number of para-hydroxylation sites is 1. The third kappa shape index (κ3) is 6.56. The standard InChI is InChI=1S/C33H39N7O4/c1-21(2)25-18-36-40-28(15-26(37-29(25)40)23-16-34-20-35-17-23)38(30(41)43-32(3,4)5)14-13-22-19-39(31(42)44-33(6,7)8)27-12-10-9-11-24(22)27/h9-12,15-21H,13-14H2,1-8H3. The number of benzene rings is 1. The number of carbonyl (C=O) groups is 2. The van der Waals surface area contributed by atoms with Crippen molar-refractivity contribution < 1.29 is 19.1 Å². The van der Waals surface area contributed by atoms with Gasteiger partial charge in [-0.1, -0.05) is 32.0 Å². The van der Waals surface area contributed by atoms with Crippen molar-refractivity contribution in [2.24, 2.45) is 0 Å². The van der Waals surface area contributed by atoms with Gasteiger partial charge in [-0.15, -0.1) is 0 Å². The molecule has 0 radical (unpaired) electrons. The highest BCUT2D eigenvalue weighted by Gasteiger charge is 2.28. The quantitative estimate of drug-likeness (QED) is 0.205. The van der Waals surface area contributed by atoms with E-state index < -0.39 is 23.4 Å². The van der Waals surface area contributed by atoms with E-state index in [-0.39, 0.29) is 12.5 Å². The Morgan fingerprint density at radius 2 is 1.64 bits per heavy atom. The summed E-state index contributed by atoms with van der Waals surface area (Å²) in [6, 6.07) is 9.45. The van der Waals surface area contributed by atoms with Crippen molar-refractivity contribution in [3.05, 3.63) is 72.6 Å². The Balaban J connectivity index is 1.61. The number of fused-ring (bicyclic) bond motifs is 2. The van der Waals surface area contributed by atoms with E-state index in [1.165, 1.54) is 10.9 Å². The molecular weight excluding hydrogens is 558 g/mol. The van der Waals surface area contributed by atoms with Crippen LogP contribution in [0.25, 0.3) is 27.8 Å². The van der Waals surface area contributed by atoms with E-state index in [1.54, 1.807) is 40.3 Å². The summed E-state index contributed by atoms with van der Waals surface area (Å²) in [5.74, 6) is 0.634. The number of ether oxygens (including phenoxy) is 2. The van der Waals surface area contributed by atoms with Crippen LogP contribution in [0.2, 0.25) is 0 Å². The Labute approximate surface area is 256 Å². The molecule has 0 unspecified atom stereocenters. The van der Waals surface area contributed by atoms with Gasteiger partial charge < -0.3 is 9.47 Å². The van der Waals surface area contributed by atoms with Crippen LogP contribution in [-0.2, 0) is 15.9 Å². The van der Waals surface area contributed by atoms with Crippen molar-refractivity contribution in [3.8, 4) is 11.3 Å². The summed E-state index contributed by atoms with van der Waals surface area (Å²) < 4.78 is 14.8. The first-order chi connectivity index (χ1) is 20.7. The summed E-state index contributed by atoms with van der Waals surface area (Å²) in [7, 11) is 0. The maximum Gasteiger partial charge on any atom is 0.419 e. The van der Waals surface area contributed by atoms with Crippen LogP contribution in [0.4, 0.5) is 15.4 Å². The van der Waals surface area contributed by atoms with E-state index >= 15 is 0 Å². The summed E-state index contributed by atoms with van der Waals surface area (Å²) in [6.07, 6.45) is 7.82. The lowest BCUT2D eigenvalue weighted by molar-refractivity contribution is 0.0540. The van der Waals surface area contributed by atoms with Gasteiger partial charge in [-0.2, -0.15) is 9.61 Å². The normalized spacial score (nSPS) is 12.2. The minimum Gasteiger partial charge on any atom is -0.443 e. The van der Waals surface area contributed by atoms with Crippen molar-refractivity contribution in [2.45, 2.75) is 78.9 Å². The number of hydrogen-bond donors (Lipinski definition) is 0. The number of rotatable bonds is 6. The molecule has 11 nitrogen and oxygen atoms in total. The Kier molecular flexibility index (Phi) is 8.15. The van der Waals surface area contributed by atoms with Gasteiger partial charge in [0.1, 0.15) is 23.3 Å². The lowest BCUT2D eigenvalue weighted by Gasteiger charge is -2.28. The Morgan fingerprint density at radius 3 is 2.30 bits per heavy atom. The Bertz CT molecular complexity index is 1810. The van der Waals surface area contributed by atoms with Crippen molar-refractivity contribution >= 4 is 34.6 Å².